The lowest BCUT2D eigenvalue weighted by Crippen LogP contribution is -2.20. The largest absolute Gasteiger partial charge is 0.493 e. The smallest absolute Gasteiger partial charge is 0.330 e. The second kappa shape index (κ2) is 15.2. The lowest BCUT2D eigenvalue weighted by atomic mass is 10.1. The third kappa shape index (κ3) is 9.46. The standard InChI is InChI=1S/C18H21N3O4.C3H5FO.C2H6/c1-3-25-15-10-12(6-9-14(15)24-2)16(18(22)23)21-13-7-4-11(5-8-13)17(19)20;1-3(5)2-4;1-2/h4-10,16,21H,3H2,1-2H3,(H3,19,20)(H,22,23);2H2,1H3;1-2H3. The summed E-state index contributed by atoms with van der Waals surface area (Å²) in [6.45, 7) is 6.66. The number of halogens is 1. The molecule has 0 bridgehead atoms. The first-order valence-corrected chi connectivity index (χ1v) is 10.0. The highest BCUT2D eigenvalue weighted by atomic mass is 19.1. The van der Waals surface area contributed by atoms with E-state index in [-0.39, 0.29) is 5.84 Å². The number of amidine groups is 1. The minimum absolute atomic E-state index is 0.0437. The number of rotatable bonds is 9. The van der Waals surface area contributed by atoms with Crippen LogP contribution in [0.4, 0.5) is 10.1 Å². The second-order valence-corrected chi connectivity index (χ2v) is 6.09. The number of anilines is 1. The topological polar surface area (TPSA) is 135 Å². The Morgan fingerprint density at radius 3 is 2.12 bits per heavy atom. The molecule has 0 saturated carbocycles. The Morgan fingerprint density at radius 1 is 1.16 bits per heavy atom. The van der Waals surface area contributed by atoms with Crippen LogP contribution in [0.25, 0.3) is 0 Å². The molecule has 8 nitrogen and oxygen atoms in total. The SMILES string of the molecule is CC.CC(=O)CF.CCOc1cc(C(Nc2ccc(C(=N)N)cc2)C(=O)O)ccc1OC. The Balaban J connectivity index is 0.00000121. The van der Waals surface area contributed by atoms with Crippen molar-refractivity contribution in [1.29, 1.82) is 5.41 Å². The number of hydrogen-bond acceptors (Lipinski definition) is 6. The molecule has 0 aliphatic heterocycles. The monoisotopic (exact) mass is 449 g/mol. The number of benzene rings is 2. The summed E-state index contributed by atoms with van der Waals surface area (Å²) >= 11 is 0. The van der Waals surface area contributed by atoms with Crippen molar-refractivity contribution in [3.05, 3.63) is 53.6 Å². The maximum absolute atomic E-state index is 11.7. The number of nitrogens with two attached hydrogens (primary N) is 1. The van der Waals surface area contributed by atoms with Gasteiger partial charge in [0.15, 0.2) is 23.3 Å². The molecular weight excluding hydrogens is 417 g/mol. The lowest BCUT2D eigenvalue weighted by molar-refractivity contribution is -0.138. The Hall–Kier alpha value is -3.62. The number of ether oxygens (including phenoxy) is 2. The van der Waals surface area contributed by atoms with E-state index in [2.05, 4.69) is 5.32 Å². The molecule has 0 aromatic heterocycles. The molecule has 0 heterocycles. The normalized spacial score (nSPS) is 10.3. The summed E-state index contributed by atoms with van der Waals surface area (Å²) in [5, 5.41) is 19.9. The number of alkyl halides is 1. The molecule has 9 heteroatoms. The molecule has 0 aliphatic carbocycles. The molecular formula is C23H32FN3O5. The van der Waals surface area contributed by atoms with Gasteiger partial charge in [-0.2, -0.15) is 0 Å². The molecule has 5 N–H and O–H groups in total. The average Bonchev–Trinajstić information content (AvgIpc) is 2.79. The lowest BCUT2D eigenvalue weighted by Gasteiger charge is -2.18. The van der Waals surface area contributed by atoms with Crippen molar-refractivity contribution in [2.24, 2.45) is 5.73 Å². The number of carboxylic acids is 1. The van der Waals surface area contributed by atoms with Crippen LogP contribution in [0.2, 0.25) is 0 Å². The summed E-state index contributed by atoms with van der Waals surface area (Å²) in [5.41, 5.74) is 7.13. The number of methoxy groups -OCH3 is 1. The molecule has 32 heavy (non-hydrogen) atoms. The van der Waals surface area contributed by atoms with Crippen molar-refractivity contribution in [2.75, 3.05) is 25.7 Å². The Bertz CT molecular complexity index is 872. The molecule has 0 fully saturated rings. The highest BCUT2D eigenvalue weighted by molar-refractivity contribution is 5.95. The average molecular weight is 450 g/mol. The summed E-state index contributed by atoms with van der Waals surface area (Å²) in [5.74, 6) is -0.450. The maximum atomic E-state index is 11.7. The van der Waals surface area contributed by atoms with Gasteiger partial charge < -0.3 is 25.6 Å². The number of carbonyl (C=O) groups is 2. The Labute approximate surface area is 188 Å². The number of Topliss-reactive ketones (excluding diaryl/α,β-unsaturated/α-hetero) is 1. The molecule has 176 valence electrons. The fourth-order valence-electron chi connectivity index (χ4n) is 2.34. The highest BCUT2D eigenvalue weighted by Crippen LogP contribution is 2.31. The number of hydrogen-bond donors (Lipinski definition) is 4. The molecule has 0 amide bonds. The van der Waals surface area contributed by atoms with Crippen molar-refractivity contribution >= 4 is 23.3 Å². The maximum Gasteiger partial charge on any atom is 0.330 e. The number of carboxylic acid groups (broad SMARTS) is 1. The van der Waals surface area contributed by atoms with Crippen LogP contribution in [0.1, 0.15) is 44.9 Å². The first-order chi connectivity index (χ1) is 15.2. The van der Waals surface area contributed by atoms with Crippen LogP contribution in [-0.4, -0.2) is 43.1 Å². The summed E-state index contributed by atoms with van der Waals surface area (Å²) in [4.78, 5) is 21.2. The molecule has 0 spiro atoms. The van der Waals surface area contributed by atoms with Gasteiger partial charge in [0, 0.05) is 11.3 Å². The second-order valence-electron chi connectivity index (χ2n) is 6.09. The van der Waals surface area contributed by atoms with E-state index in [1.165, 1.54) is 14.0 Å². The quantitative estimate of drug-likeness (QED) is 0.333. The number of ketones is 1. The molecule has 2 rings (SSSR count). The van der Waals surface area contributed by atoms with Crippen molar-refractivity contribution in [3.8, 4) is 11.5 Å². The summed E-state index contributed by atoms with van der Waals surface area (Å²) in [7, 11) is 1.53. The zero-order valence-corrected chi connectivity index (χ0v) is 19.1. The van der Waals surface area contributed by atoms with Crippen LogP contribution in [0.5, 0.6) is 11.5 Å². The first-order valence-electron chi connectivity index (χ1n) is 10.0. The van der Waals surface area contributed by atoms with Crippen molar-refractivity contribution in [1.82, 2.24) is 0 Å². The Kier molecular flexibility index (Phi) is 13.5. The number of nitrogens with one attached hydrogen (secondary N) is 2. The van der Waals surface area contributed by atoms with Gasteiger partial charge in [-0.1, -0.05) is 19.9 Å². The minimum Gasteiger partial charge on any atom is -0.493 e. The van der Waals surface area contributed by atoms with Crippen molar-refractivity contribution in [3.63, 3.8) is 0 Å². The molecule has 0 saturated heterocycles. The number of carbonyl (C=O) groups excluding carboxylic acids is 1. The van der Waals surface area contributed by atoms with Gasteiger partial charge in [0.25, 0.3) is 0 Å². The summed E-state index contributed by atoms with van der Waals surface area (Å²) in [6, 6.07) is 10.7. The molecule has 0 aliphatic rings. The van der Waals surface area contributed by atoms with E-state index in [0.29, 0.717) is 34.9 Å². The predicted molar refractivity (Wildman–Crippen MR) is 124 cm³/mol. The van der Waals surface area contributed by atoms with E-state index >= 15 is 0 Å². The van der Waals surface area contributed by atoms with Gasteiger partial charge in [-0.3, -0.25) is 10.2 Å². The van der Waals surface area contributed by atoms with Gasteiger partial charge in [-0.05, 0) is 55.8 Å². The van der Waals surface area contributed by atoms with Gasteiger partial charge in [0.2, 0.25) is 0 Å². The summed E-state index contributed by atoms with van der Waals surface area (Å²) < 4.78 is 21.5. The van der Waals surface area contributed by atoms with Crippen LogP contribution in [0.15, 0.2) is 42.5 Å². The summed E-state index contributed by atoms with van der Waals surface area (Å²) in [6.07, 6.45) is 0. The van der Waals surface area contributed by atoms with E-state index in [1.54, 1.807) is 42.5 Å². The van der Waals surface area contributed by atoms with Gasteiger partial charge in [0.05, 0.1) is 13.7 Å². The molecule has 1 atom stereocenters. The van der Waals surface area contributed by atoms with Crippen LogP contribution in [-0.2, 0) is 9.59 Å². The molecule has 0 radical (unpaired) electrons. The van der Waals surface area contributed by atoms with Crippen LogP contribution < -0.4 is 20.5 Å². The highest BCUT2D eigenvalue weighted by Gasteiger charge is 2.21. The number of nitrogen functional groups attached to an aromatic ring is 1. The third-order valence-electron chi connectivity index (χ3n) is 3.76. The van der Waals surface area contributed by atoms with Crippen molar-refractivity contribution < 1.29 is 28.6 Å². The van der Waals surface area contributed by atoms with Gasteiger partial charge in [-0.25, -0.2) is 9.18 Å². The van der Waals surface area contributed by atoms with Crippen LogP contribution >= 0.6 is 0 Å². The first kappa shape index (κ1) is 28.4. The van der Waals surface area contributed by atoms with Crippen LogP contribution in [0, 0.1) is 5.41 Å². The predicted octanol–water partition coefficient (Wildman–Crippen LogP) is 4.19. The zero-order chi connectivity index (χ0) is 24.7. The molecule has 2 aromatic carbocycles. The van der Waals surface area contributed by atoms with Gasteiger partial charge in [-0.15, -0.1) is 0 Å². The van der Waals surface area contributed by atoms with Gasteiger partial charge >= 0.3 is 5.97 Å². The van der Waals surface area contributed by atoms with E-state index < -0.39 is 24.5 Å². The van der Waals surface area contributed by atoms with Gasteiger partial charge in [0.1, 0.15) is 12.5 Å². The van der Waals surface area contributed by atoms with Crippen LogP contribution in [0.3, 0.4) is 0 Å². The molecule has 2 aromatic rings. The number of aliphatic carboxylic acids is 1. The Morgan fingerprint density at radius 2 is 1.72 bits per heavy atom. The van der Waals surface area contributed by atoms with E-state index in [1.807, 2.05) is 20.8 Å². The van der Waals surface area contributed by atoms with E-state index in [9.17, 15) is 19.1 Å². The fourth-order valence-corrected chi connectivity index (χ4v) is 2.34. The molecule has 1 unspecified atom stereocenters. The third-order valence-corrected chi connectivity index (χ3v) is 3.76. The minimum atomic E-state index is -1.02. The zero-order valence-electron chi connectivity index (χ0n) is 19.1. The van der Waals surface area contributed by atoms with E-state index in [4.69, 9.17) is 20.6 Å². The fraction of sp³-hybridized carbons (Fsp3) is 0.348. The van der Waals surface area contributed by atoms with E-state index in [0.717, 1.165) is 0 Å². The van der Waals surface area contributed by atoms with Crippen molar-refractivity contribution in [2.45, 2.75) is 33.7 Å².